The van der Waals surface area contributed by atoms with E-state index in [1.165, 1.54) is 10.6 Å². The van der Waals surface area contributed by atoms with Gasteiger partial charge >= 0.3 is 0 Å². The zero-order chi connectivity index (χ0) is 17.9. The third-order valence-electron chi connectivity index (χ3n) is 4.31. The number of amides is 1. The maximum atomic E-state index is 12.8. The topological polar surface area (TPSA) is 66.9 Å². The van der Waals surface area contributed by atoms with Crippen LogP contribution >= 0.6 is 0 Å². The van der Waals surface area contributed by atoms with Gasteiger partial charge in [-0.3, -0.25) is 4.79 Å². The van der Waals surface area contributed by atoms with Crippen molar-refractivity contribution < 1.29 is 17.9 Å². The summed E-state index contributed by atoms with van der Waals surface area (Å²) in [6.07, 6.45) is 1.86. The second kappa shape index (κ2) is 7.53. The highest BCUT2D eigenvalue weighted by Gasteiger charge is 2.25. The Balaban J connectivity index is 2.18. The Bertz CT molecular complexity index is 701. The van der Waals surface area contributed by atoms with Gasteiger partial charge in [0.1, 0.15) is 5.75 Å². The Morgan fingerprint density at radius 1 is 1.17 bits per heavy atom. The van der Waals surface area contributed by atoms with Gasteiger partial charge in [-0.2, -0.15) is 0 Å². The van der Waals surface area contributed by atoms with Gasteiger partial charge in [0.15, 0.2) is 0 Å². The minimum Gasteiger partial charge on any atom is -0.496 e. The molecule has 7 heteroatoms. The molecule has 1 aliphatic heterocycles. The number of ether oxygens (including phenoxy) is 1. The monoisotopic (exact) mass is 354 g/mol. The summed E-state index contributed by atoms with van der Waals surface area (Å²) in [5, 5.41) is 0. The number of carbonyl (C=O) groups is 1. The van der Waals surface area contributed by atoms with Crippen LogP contribution in [0.15, 0.2) is 18.2 Å². The van der Waals surface area contributed by atoms with Crippen molar-refractivity contribution in [3.05, 3.63) is 29.3 Å². The lowest BCUT2D eigenvalue weighted by molar-refractivity contribution is 0.0764. The van der Waals surface area contributed by atoms with Gasteiger partial charge < -0.3 is 9.64 Å². The molecule has 0 N–H and O–H groups in total. The summed E-state index contributed by atoms with van der Waals surface area (Å²) in [4.78, 5) is 14.5. The van der Waals surface area contributed by atoms with Crippen molar-refractivity contribution in [3.63, 3.8) is 0 Å². The number of benzene rings is 1. The number of rotatable bonds is 4. The standard InChI is InChI=1S/C17H26N2O4S/c1-13(2)15-12-14(6-7-16(15)23-3)17(20)18-8-5-9-19(11-10-18)24(4,21)22/h6-7,12-13H,5,8-11H2,1-4H3. The van der Waals surface area contributed by atoms with Crippen LogP contribution in [0.3, 0.4) is 0 Å². The molecule has 1 aromatic rings. The Labute approximate surface area is 144 Å². The highest BCUT2D eigenvalue weighted by atomic mass is 32.2. The van der Waals surface area contributed by atoms with Crippen molar-refractivity contribution in [2.45, 2.75) is 26.2 Å². The average Bonchev–Trinajstić information content (AvgIpc) is 2.79. The Morgan fingerprint density at radius 2 is 1.88 bits per heavy atom. The number of sulfonamides is 1. The molecule has 1 heterocycles. The molecule has 0 radical (unpaired) electrons. The minimum absolute atomic E-state index is 0.0603. The second-order valence-corrected chi connectivity index (χ2v) is 8.40. The van der Waals surface area contributed by atoms with Gasteiger partial charge in [-0.1, -0.05) is 13.8 Å². The van der Waals surface area contributed by atoms with Crippen molar-refractivity contribution >= 4 is 15.9 Å². The van der Waals surface area contributed by atoms with Crippen LogP contribution in [0.5, 0.6) is 5.75 Å². The van der Waals surface area contributed by atoms with Gasteiger partial charge in [0.25, 0.3) is 5.91 Å². The fraction of sp³-hybridized carbons (Fsp3) is 0.588. The molecule has 0 atom stereocenters. The molecular formula is C17H26N2O4S. The van der Waals surface area contributed by atoms with E-state index in [4.69, 9.17) is 4.74 Å². The molecule has 134 valence electrons. The van der Waals surface area contributed by atoms with E-state index in [0.29, 0.717) is 38.2 Å². The van der Waals surface area contributed by atoms with E-state index in [1.54, 1.807) is 18.1 Å². The summed E-state index contributed by atoms with van der Waals surface area (Å²) in [5.74, 6) is 0.966. The van der Waals surface area contributed by atoms with Gasteiger partial charge in [-0.25, -0.2) is 12.7 Å². The minimum atomic E-state index is -3.21. The highest BCUT2D eigenvalue weighted by molar-refractivity contribution is 7.88. The van der Waals surface area contributed by atoms with Crippen molar-refractivity contribution in [1.29, 1.82) is 0 Å². The molecule has 1 amide bonds. The molecule has 1 aromatic carbocycles. The number of methoxy groups -OCH3 is 1. The van der Waals surface area contributed by atoms with Gasteiger partial charge in [0, 0.05) is 31.7 Å². The maximum absolute atomic E-state index is 12.8. The van der Waals surface area contributed by atoms with E-state index in [-0.39, 0.29) is 11.8 Å². The molecule has 0 bridgehead atoms. The van der Waals surface area contributed by atoms with Crippen molar-refractivity contribution in [2.24, 2.45) is 0 Å². The first-order valence-electron chi connectivity index (χ1n) is 8.16. The van der Waals surface area contributed by atoms with E-state index in [1.807, 2.05) is 12.1 Å². The number of hydrogen-bond donors (Lipinski definition) is 0. The molecule has 0 saturated carbocycles. The first kappa shape index (κ1) is 18.7. The fourth-order valence-corrected chi connectivity index (χ4v) is 3.80. The van der Waals surface area contributed by atoms with Gasteiger partial charge in [0.05, 0.1) is 13.4 Å². The van der Waals surface area contributed by atoms with E-state index in [0.717, 1.165) is 11.3 Å². The summed E-state index contributed by atoms with van der Waals surface area (Å²) >= 11 is 0. The predicted octanol–water partition coefficient (Wildman–Crippen LogP) is 1.93. The lowest BCUT2D eigenvalue weighted by Crippen LogP contribution is -2.37. The van der Waals surface area contributed by atoms with Crippen LogP contribution in [0.25, 0.3) is 0 Å². The van der Waals surface area contributed by atoms with Crippen molar-refractivity contribution in [1.82, 2.24) is 9.21 Å². The Morgan fingerprint density at radius 3 is 2.46 bits per heavy atom. The van der Waals surface area contributed by atoms with Gasteiger partial charge in [0.2, 0.25) is 10.0 Å². The Kier molecular flexibility index (Phi) is 5.87. The molecule has 0 aliphatic carbocycles. The van der Waals surface area contributed by atoms with Crippen LogP contribution in [-0.4, -0.2) is 63.1 Å². The smallest absolute Gasteiger partial charge is 0.253 e. The maximum Gasteiger partial charge on any atom is 0.253 e. The van der Waals surface area contributed by atoms with Crippen molar-refractivity contribution in [2.75, 3.05) is 39.5 Å². The van der Waals surface area contributed by atoms with Crippen molar-refractivity contribution in [3.8, 4) is 5.75 Å². The van der Waals surface area contributed by atoms with E-state index in [2.05, 4.69) is 13.8 Å². The normalized spacial score (nSPS) is 17.0. The molecule has 0 unspecified atom stereocenters. The SMILES string of the molecule is COc1ccc(C(=O)N2CCCN(S(C)(=O)=O)CC2)cc1C(C)C. The van der Waals surface area contributed by atoms with Crippen LogP contribution in [0.4, 0.5) is 0 Å². The molecule has 1 aliphatic rings. The number of carbonyl (C=O) groups excluding carboxylic acids is 1. The molecule has 24 heavy (non-hydrogen) atoms. The van der Waals surface area contributed by atoms with Crippen LogP contribution < -0.4 is 4.74 Å². The molecule has 0 spiro atoms. The largest absolute Gasteiger partial charge is 0.496 e. The summed E-state index contributed by atoms with van der Waals surface area (Å²) < 4.78 is 30.2. The van der Waals surface area contributed by atoms with Crippen LogP contribution in [0.2, 0.25) is 0 Å². The summed E-state index contributed by atoms with van der Waals surface area (Å²) in [6.45, 7) is 5.90. The molecule has 0 aromatic heterocycles. The molecule has 1 saturated heterocycles. The fourth-order valence-electron chi connectivity index (χ4n) is 2.93. The summed E-state index contributed by atoms with van der Waals surface area (Å²) in [6, 6.07) is 5.47. The lowest BCUT2D eigenvalue weighted by Gasteiger charge is -2.22. The third kappa shape index (κ3) is 4.27. The average molecular weight is 354 g/mol. The zero-order valence-corrected chi connectivity index (χ0v) is 15.6. The highest BCUT2D eigenvalue weighted by Crippen LogP contribution is 2.28. The van der Waals surface area contributed by atoms with Crippen LogP contribution in [-0.2, 0) is 10.0 Å². The quantitative estimate of drug-likeness (QED) is 0.829. The molecule has 2 rings (SSSR count). The van der Waals surface area contributed by atoms with E-state index >= 15 is 0 Å². The van der Waals surface area contributed by atoms with E-state index in [9.17, 15) is 13.2 Å². The first-order chi connectivity index (χ1) is 11.2. The third-order valence-corrected chi connectivity index (χ3v) is 5.61. The molecular weight excluding hydrogens is 328 g/mol. The predicted molar refractivity (Wildman–Crippen MR) is 94.0 cm³/mol. The summed E-state index contributed by atoms with van der Waals surface area (Å²) in [5.41, 5.74) is 1.61. The Hall–Kier alpha value is -1.60. The molecule has 1 fully saturated rings. The summed E-state index contributed by atoms with van der Waals surface area (Å²) in [7, 11) is -1.59. The first-order valence-corrected chi connectivity index (χ1v) is 10.0. The van der Waals surface area contributed by atoms with E-state index < -0.39 is 10.0 Å². The number of nitrogens with zero attached hydrogens (tertiary/aromatic N) is 2. The molecule has 6 nitrogen and oxygen atoms in total. The zero-order valence-electron chi connectivity index (χ0n) is 14.8. The van der Waals surface area contributed by atoms with Gasteiger partial charge in [-0.15, -0.1) is 0 Å². The van der Waals surface area contributed by atoms with Gasteiger partial charge in [-0.05, 0) is 36.1 Å². The second-order valence-electron chi connectivity index (χ2n) is 6.42. The number of hydrogen-bond acceptors (Lipinski definition) is 4. The van der Waals surface area contributed by atoms with Crippen LogP contribution in [0, 0.1) is 0 Å². The van der Waals surface area contributed by atoms with Crippen LogP contribution in [0.1, 0.15) is 42.1 Å². The lowest BCUT2D eigenvalue weighted by atomic mass is 9.99.